The van der Waals surface area contributed by atoms with Crippen LogP contribution in [0.15, 0.2) is 24.3 Å². The van der Waals surface area contributed by atoms with Crippen molar-refractivity contribution in [1.29, 1.82) is 0 Å². The lowest BCUT2D eigenvalue weighted by Crippen LogP contribution is -2.47. The van der Waals surface area contributed by atoms with Crippen molar-refractivity contribution in [3.63, 3.8) is 0 Å². The average Bonchev–Trinajstić information content (AvgIpc) is 2.42. The molecule has 1 atom stereocenters. The molecule has 1 fully saturated rings. The highest BCUT2D eigenvalue weighted by molar-refractivity contribution is 6.30. The van der Waals surface area contributed by atoms with Crippen LogP contribution in [0.25, 0.3) is 0 Å². The third-order valence-corrected chi connectivity index (χ3v) is 3.72. The van der Waals surface area contributed by atoms with Gasteiger partial charge in [0.1, 0.15) is 0 Å². The van der Waals surface area contributed by atoms with Gasteiger partial charge >= 0.3 is 0 Å². The van der Waals surface area contributed by atoms with Crippen molar-refractivity contribution < 1.29 is 5.11 Å². The van der Waals surface area contributed by atoms with Gasteiger partial charge in [-0.15, -0.1) is 6.42 Å². The Morgan fingerprint density at radius 1 is 1.16 bits per heavy atom. The monoisotopic (exact) mass is 278 g/mol. The first-order valence-corrected chi connectivity index (χ1v) is 6.88. The summed E-state index contributed by atoms with van der Waals surface area (Å²) in [6, 6.07) is 7.37. The first kappa shape index (κ1) is 14.4. The molecule has 1 aromatic carbocycles. The van der Waals surface area contributed by atoms with E-state index in [1.165, 1.54) is 0 Å². The molecule has 0 aliphatic carbocycles. The SMILES string of the molecule is C#CCN1CCN(CC(O)c2ccc(Cl)cc2)CC1. The van der Waals surface area contributed by atoms with Gasteiger partial charge in [-0.05, 0) is 17.7 Å². The van der Waals surface area contributed by atoms with Gasteiger partial charge in [0.05, 0.1) is 12.6 Å². The number of hydrogen-bond donors (Lipinski definition) is 1. The van der Waals surface area contributed by atoms with Crippen molar-refractivity contribution in [2.24, 2.45) is 0 Å². The molecule has 0 radical (unpaired) electrons. The summed E-state index contributed by atoms with van der Waals surface area (Å²) in [6.45, 7) is 5.22. The van der Waals surface area contributed by atoms with E-state index in [0.717, 1.165) is 31.7 Å². The van der Waals surface area contributed by atoms with E-state index in [-0.39, 0.29) is 0 Å². The van der Waals surface area contributed by atoms with Crippen molar-refractivity contribution in [2.75, 3.05) is 39.3 Å². The molecule has 1 heterocycles. The van der Waals surface area contributed by atoms with Gasteiger partial charge in [-0.1, -0.05) is 29.7 Å². The maximum absolute atomic E-state index is 10.2. The van der Waals surface area contributed by atoms with Crippen LogP contribution in [0.5, 0.6) is 0 Å². The minimum Gasteiger partial charge on any atom is -0.387 e. The van der Waals surface area contributed by atoms with Gasteiger partial charge in [-0.25, -0.2) is 0 Å². The normalized spacial score (nSPS) is 19.0. The number of halogens is 1. The van der Waals surface area contributed by atoms with Gasteiger partial charge < -0.3 is 5.11 Å². The van der Waals surface area contributed by atoms with Crippen LogP contribution in [0.2, 0.25) is 5.02 Å². The molecule has 19 heavy (non-hydrogen) atoms. The minimum absolute atomic E-state index is 0.462. The van der Waals surface area contributed by atoms with Gasteiger partial charge in [-0.2, -0.15) is 0 Å². The Hall–Kier alpha value is -1.05. The second-order valence-corrected chi connectivity index (χ2v) is 5.28. The topological polar surface area (TPSA) is 26.7 Å². The van der Waals surface area contributed by atoms with Crippen molar-refractivity contribution in [2.45, 2.75) is 6.10 Å². The Morgan fingerprint density at radius 2 is 1.74 bits per heavy atom. The van der Waals surface area contributed by atoms with Crippen molar-refractivity contribution in [3.05, 3.63) is 34.9 Å². The van der Waals surface area contributed by atoms with Gasteiger partial charge in [0.2, 0.25) is 0 Å². The molecule has 0 amide bonds. The lowest BCUT2D eigenvalue weighted by molar-refractivity contribution is 0.0769. The molecule has 1 aliphatic rings. The van der Waals surface area contributed by atoms with Crippen molar-refractivity contribution >= 4 is 11.6 Å². The molecule has 1 unspecified atom stereocenters. The number of nitrogens with zero attached hydrogens (tertiary/aromatic N) is 2. The highest BCUT2D eigenvalue weighted by Crippen LogP contribution is 2.18. The van der Waals surface area contributed by atoms with E-state index in [1.54, 1.807) is 0 Å². The second kappa shape index (κ2) is 6.93. The van der Waals surface area contributed by atoms with Crippen LogP contribution in [-0.2, 0) is 0 Å². The molecule has 1 aromatic rings. The standard InChI is InChI=1S/C15H19ClN2O/c1-2-7-17-8-10-18(11-9-17)12-15(19)13-3-5-14(16)6-4-13/h1,3-6,15,19H,7-12H2. The molecule has 3 nitrogen and oxygen atoms in total. The third-order valence-electron chi connectivity index (χ3n) is 3.47. The summed E-state index contributed by atoms with van der Waals surface area (Å²) in [5.74, 6) is 2.67. The Labute approximate surface area is 119 Å². The van der Waals surface area contributed by atoms with Gasteiger partial charge in [0.25, 0.3) is 0 Å². The summed E-state index contributed by atoms with van der Waals surface area (Å²) in [7, 11) is 0. The molecule has 1 N–H and O–H groups in total. The molecule has 4 heteroatoms. The van der Waals surface area contributed by atoms with Crippen molar-refractivity contribution in [1.82, 2.24) is 9.80 Å². The molecule has 0 spiro atoms. The summed E-state index contributed by atoms with van der Waals surface area (Å²) in [5, 5.41) is 10.9. The molecule has 0 saturated carbocycles. The number of hydrogen-bond acceptors (Lipinski definition) is 3. The zero-order chi connectivity index (χ0) is 13.7. The van der Waals surface area contributed by atoms with E-state index >= 15 is 0 Å². The zero-order valence-electron chi connectivity index (χ0n) is 10.9. The lowest BCUT2D eigenvalue weighted by Gasteiger charge is -2.34. The Bertz CT molecular complexity index is 432. The number of piperazine rings is 1. The maximum atomic E-state index is 10.2. The number of rotatable bonds is 4. The predicted molar refractivity (Wildman–Crippen MR) is 78.1 cm³/mol. The van der Waals surface area contributed by atoms with E-state index in [1.807, 2.05) is 24.3 Å². The summed E-state index contributed by atoms with van der Waals surface area (Å²) in [6.07, 6.45) is 4.85. The fourth-order valence-electron chi connectivity index (χ4n) is 2.29. The summed E-state index contributed by atoms with van der Waals surface area (Å²) in [4.78, 5) is 4.53. The fourth-order valence-corrected chi connectivity index (χ4v) is 2.42. The van der Waals surface area contributed by atoms with E-state index in [4.69, 9.17) is 18.0 Å². The predicted octanol–water partition coefficient (Wildman–Crippen LogP) is 1.62. The molecule has 0 aromatic heterocycles. The number of benzene rings is 1. The Balaban J connectivity index is 1.82. The Morgan fingerprint density at radius 3 is 2.32 bits per heavy atom. The largest absolute Gasteiger partial charge is 0.387 e. The van der Waals surface area contributed by atoms with Gasteiger partial charge in [0.15, 0.2) is 0 Å². The van der Waals surface area contributed by atoms with Crippen LogP contribution in [0.4, 0.5) is 0 Å². The smallest absolute Gasteiger partial charge is 0.0916 e. The van der Waals surface area contributed by atoms with Gasteiger partial charge in [0, 0.05) is 37.7 Å². The molecule has 1 saturated heterocycles. The Kier molecular flexibility index (Phi) is 5.24. The molecular formula is C15H19ClN2O. The zero-order valence-corrected chi connectivity index (χ0v) is 11.7. The van der Waals surface area contributed by atoms with Crippen LogP contribution in [0.3, 0.4) is 0 Å². The molecule has 0 bridgehead atoms. The number of terminal acetylenes is 1. The number of β-amino-alcohol motifs (C(OH)–C–C–N with tert-alkyl or cyclic N) is 1. The number of aliphatic hydroxyl groups excluding tert-OH is 1. The fraction of sp³-hybridized carbons (Fsp3) is 0.467. The van der Waals surface area contributed by atoms with Gasteiger partial charge in [-0.3, -0.25) is 9.80 Å². The summed E-state index contributed by atoms with van der Waals surface area (Å²) >= 11 is 5.84. The maximum Gasteiger partial charge on any atom is 0.0916 e. The van der Waals surface area contributed by atoms with Crippen LogP contribution in [-0.4, -0.2) is 54.2 Å². The molecule has 2 rings (SSSR count). The van der Waals surface area contributed by atoms with E-state index in [2.05, 4.69) is 15.7 Å². The van der Waals surface area contributed by atoms with E-state index in [9.17, 15) is 5.11 Å². The second-order valence-electron chi connectivity index (χ2n) is 4.85. The first-order chi connectivity index (χ1) is 9.19. The highest BCUT2D eigenvalue weighted by atomic mass is 35.5. The van der Waals surface area contributed by atoms with Crippen molar-refractivity contribution in [3.8, 4) is 12.3 Å². The van der Waals surface area contributed by atoms with E-state index < -0.39 is 6.10 Å². The highest BCUT2D eigenvalue weighted by Gasteiger charge is 2.19. The quantitative estimate of drug-likeness (QED) is 0.848. The van der Waals surface area contributed by atoms with Crippen LogP contribution >= 0.6 is 11.6 Å². The lowest BCUT2D eigenvalue weighted by atomic mass is 10.1. The first-order valence-electron chi connectivity index (χ1n) is 6.51. The molecule has 1 aliphatic heterocycles. The average molecular weight is 279 g/mol. The number of aliphatic hydroxyl groups is 1. The van der Waals surface area contributed by atoms with Crippen LogP contribution in [0.1, 0.15) is 11.7 Å². The van der Waals surface area contributed by atoms with Crippen LogP contribution in [0, 0.1) is 12.3 Å². The molecular weight excluding hydrogens is 260 g/mol. The molecule has 102 valence electrons. The third kappa shape index (κ3) is 4.22. The van der Waals surface area contributed by atoms with Crippen LogP contribution < -0.4 is 0 Å². The van der Waals surface area contributed by atoms with E-state index in [0.29, 0.717) is 18.1 Å². The summed E-state index contributed by atoms with van der Waals surface area (Å²) in [5.41, 5.74) is 0.912. The minimum atomic E-state index is -0.462. The summed E-state index contributed by atoms with van der Waals surface area (Å²) < 4.78 is 0.